The smallest absolute Gasteiger partial charge is 0.271 e. The third kappa shape index (κ3) is 2.98. The second kappa shape index (κ2) is 5.50. The lowest BCUT2D eigenvalue weighted by molar-refractivity contribution is 0.0947. The second-order valence-electron chi connectivity index (χ2n) is 3.59. The SMILES string of the molecule is Nc1ccc(Cl)c(C(=O)NCCn2cccn2)n1. The van der Waals surface area contributed by atoms with Gasteiger partial charge in [-0.3, -0.25) is 9.48 Å². The Hall–Kier alpha value is -2.08. The molecule has 2 heterocycles. The fourth-order valence-electron chi connectivity index (χ4n) is 1.42. The van der Waals surface area contributed by atoms with Gasteiger partial charge in [0, 0.05) is 18.9 Å². The number of rotatable bonds is 4. The van der Waals surface area contributed by atoms with E-state index in [1.165, 1.54) is 0 Å². The van der Waals surface area contributed by atoms with Crippen molar-refractivity contribution in [2.75, 3.05) is 12.3 Å². The lowest BCUT2D eigenvalue weighted by Gasteiger charge is -2.06. The Morgan fingerprint density at radius 3 is 3.06 bits per heavy atom. The summed E-state index contributed by atoms with van der Waals surface area (Å²) >= 11 is 5.87. The average Bonchev–Trinajstić information content (AvgIpc) is 2.85. The van der Waals surface area contributed by atoms with E-state index in [1.807, 2.05) is 12.3 Å². The van der Waals surface area contributed by atoms with Gasteiger partial charge in [-0.25, -0.2) is 4.98 Å². The zero-order valence-corrected chi connectivity index (χ0v) is 10.3. The van der Waals surface area contributed by atoms with E-state index in [9.17, 15) is 4.79 Å². The average molecular weight is 266 g/mol. The van der Waals surface area contributed by atoms with Gasteiger partial charge in [0.15, 0.2) is 0 Å². The number of pyridine rings is 1. The van der Waals surface area contributed by atoms with Gasteiger partial charge in [0.1, 0.15) is 11.5 Å². The molecule has 6 nitrogen and oxygen atoms in total. The molecule has 0 aliphatic rings. The van der Waals surface area contributed by atoms with Gasteiger partial charge in [0.25, 0.3) is 5.91 Å². The maximum absolute atomic E-state index is 11.8. The fourth-order valence-corrected chi connectivity index (χ4v) is 1.61. The van der Waals surface area contributed by atoms with Gasteiger partial charge in [0.2, 0.25) is 0 Å². The van der Waals surface area contributed by atoms with Crippen molar-refractivity contribution in [3.8, 4) is 0 Å². The topological polar surface area (TPSA) is 85.8 Å². The lowest BCUT2D eigenvalue weighted by Crippen LogP contribution is -2.28. The van der Waals surface area contributed by atoms with Gasteiger partial charge in [-0.05, 0) is 18.2 Å². The molecule has 0 unspecified atom stereocenters. The number of aromatic nitrogens is 3. The van der Waals surface area contributed by atoms with E-state index < -0.39 is 0 Å². The van der Waals surface area contributed by atoms with E-state index in [0.29, 0.717) is 13.1 Å². The number of nitrogens with one attached hydrogen (secondary N) is 1. The van der Waals surface area contributed by atoms with Crippen LogP contribution in [0.1, 0.15) is 10.5 Å². The molecule has 0 aliphatic heterocycles. The fraction of sp³-hybridized carbons (Fsp3) is 0.182. The number of nitrogens with zero attached hydrogens (tertiary/aromatic N) is 3. The molecule has 0 fully saturated rings. The molecule has 0 aromatic carbocycles. The Labute approximate surface area is 109 Å². The summed E-state index contributed by atoms with van der Waals surface area (Å²) in [5.74, 6) is -0.0870. The predicted molar refractivity (Wildman–Crippen MR) is 68.2 cm³/mol. The maximum atomic E-state index is 11.8. The summed E-state index contributed by atoms with van der Waals surface area (Å²) in [5.41, 5.74) is 5.64. The number of nitrogen functional groups attached to an aromatic ring is 1. The lowest BCUT2D eigenvalue weighted by atomic mass is 10.3. The zero-order chi connectivity index (χ0) is 13.0. The highest BCUT2D eigenvalue weighted by molar-refractivity contribution is 6.33. The summed E-state index contributed by atoms with van der Waals surface area (Å²) < 4.78 is 1.72. The van der Waals surface area contributed by atoms with E-state index in [-0.39, 0.29) is 22.4 Å². The quantitative estimate of drug-likeness (QED) is 0.862. The molecule has 0 saturated heterocycles. The van der Waals surface area contributed by atoms with Crippen LogP contribution < -0.4 is 11.1 Å². The van der Waals surface area contributed by atoms with Crippen molar-refractivity contribution in [2.45, 2.75) is 6.54 Å². The molecule has 7 heteroatoms. The highest BCUT2D eigenvalue weighted by Gasteiger charge is 2.11. The number of amides is 1. The molecule has 0 aliphatic carbocycles. The van der Waals surface area contributed by atoms with Crippen LogP contribution >= 0.6 is 11.6 Å². The molecular weight excluding hydrogens is 254 g/mol. The molecular formula is C11H12ClN5O. The molecule has 0 saturated carbocycles. The first-order valence-electron chi connectivity index (χ1n) is 5.34. The minimum atomic E-state index is -0.348. The minimum Gasteiger partial charge on any atom is -0.384 e. The van der Waals surface area contributed by atoms with Crippen LogP contribution in [0.15, 0.2) is 30.6 Å². The first kappa shape index (κ1) is 12.4. The molecule has 94 valence electrons. The molecule has 2 aromatic heterocycles. The second-order valence-corrected chi connectivity index (χ2v) is 4.00. The van der Waals surface area contributed by atoms with E-state index in [2.05, 4.69) is 15.4 Å². The molecule has 0 spiro atoms. The monoisotopic (exact) mass is 265 g/mol. The summed E-state index contributed by atoms with van der Waals surface area (Å²) in [7, 11) is 0. The third-order valence-electron chi connectivity index (χ3n) is 2.27. The van der Waals surface area contributed by atoms with Crippen molar-refractivity contribution >= 4 is 23.3 Å². The third-order valence-corrected chi connectivity index (χ3v) is 2.57. The van der Waals surface area contributed by atoms with Crippen molar-refractivity contribution < 1.29 is 4.79 Å². The molecule has 18 heavy (non-hydrogen) atoms. The van der Waals surface area contributed by atoms with E-state index in [4.69, 9.17) is 17.3 Å². The highest BCUT2D eigenvalue weighted by atomic mass is 35.5. The predicted octanol–water partition coefficient (Wildman–Crippen LogP) is 0.944. The van der Waals surface area contributed by atoms with Gasteiger partial charge in [-0.1, -0.05) is 11.6 Å². The first-order chi connectivity index (χ1) is 8.66. The normalized spacial score (nSPS) is 10.3. The van der Waals surface area contributed by atoms with Crippen LogP contribution in [-0.4, -0.2) is 27.2 Å². The van der Waals surface area contributed by atoms with Gasteiger partial charge in [-0.2, -0.15) is 5.10 Å². The van der Waals surface area contributed by atoms with Crippen molar-refractivity contribution in [1.29, 1.82) is 0 Å². The summed E-state index contributed by atoms with van der Waals surface area (Å²) in [6.45, 7) is 1.02. The number of halogens is 1. The first-order valence-corrected chi connectivity index (χ1v) is 5.72. The Morgan fingerprint density at radius 1 is 1.50 bits per heavy atom. The van der Waals surface area contributed by atoms with E-state index in [0.717, 1.165) is 0 Å². The minimum absolute atomic E-state index is 0.136. The number of hydrogen-bond donors (Lipinski definition) is 2. The zero-order valence-electron chi connectivity index (χ0n) is 9.51. The van der Waals surface area contributed by atoms with Crippen LogP contribution in [0.25, 0.3) is 0 Å². The molecule has 0 atom stereocenters. The standard InChI is InChI=1S/C11H12ClN5O/c12-8-2-3-9(13)16-10(8)11(18)14-5-7-17-6-1-4-15-17/h1-4,6H,5,7H2,(H2,13,16)(H,14,18). The van der Waals surface area contributed by atoms with Crippen LogP contribution in [0, 0.1) is 0 Å². The van der Waals surface area contributed by atoms with Gasteiger partial charge >= 0.3 is 0 Å². The number of hydrogen-bond acceptors (Lipinski definition) is 4. The number of anilines is 1. The summed E-state index contributed by atoms with van der Waals surface area (Å²) in [6, 6.07) is 4.91. The Balaban J connectivity index is 1.93. The van der Waals surface area contributed by atoms with Crippen LogP contribution in [0.3, 0.4) is 0 Å². The molecule has 2 rings (SSSR count). The Morgan fingerprint density at radius 2 is 2.33 bits per heavy atom. The molecule has 0 bridgehead atoms. The van der Waals surface area contributed by atoms with Crippen LogP contribution in [0.5, 0.6) is 0 Å². The summed E-state index contributed by atoms with van der Waals surface area (Å²) in [5, 5.41) is 7.00. The van der Waals surface area contributed by atoms with Gasteiger partial charge < -0.3 is 11.1 Å². The summed E-state index contributed by atoms with van der Waals surface area (Å²) in [4.78, 5) is 15.7. The van der Waals surface area contributed by atoms with Gasteiger partial charge in [-0.15, -0.1) is 0 Å². The summed E-state index contributed by atoms with van der Waals surface area (Å²) in [6.07, 6.45) is 3.50. The van der Waals surface area contributed by atoms with Gasteiger partial charge in [0.05, 0.1) is 11.6 Å². The van der Waals surface area contributed by atoms with E-state index in [1.54, 1.807) is 23.0 Å². The maximum Gasteiger partial charge on any atom is 0.271 e. The molecule has 0 radical (unpaired) electrons. The molecule has 1 amide bonds. The van der Waals surface area contributed by atoms with Crippen molar-refractivity contribution in [1.82, 2.24) is 20.1 Å². The van der Waals surface area contributed by atoms with Crippen LogP contribution in [0.2, 0.25) is 5.02 Å². The Bertz CT molecular complexity index is 540. The van der Waals surface area contributed by atoms with Crippen molar-refractivity contribution in [3.63, 3.8) is 0 Å². The molecule has 3 N–H and O–H groups in total. The number of carbonyl (C=O) groups is 1. The molecule has 2 aromatic rings. The number of carbonyl (C=O) groups excluding carboxylic acids is 1. The van der Waals surface area contributed by atoms with Crippen molar-refractivity contribution in [2.24, 2.45) is 0 Å². The van der Waals surface area contributed by atoms with E-state index >= 15 is 0 Å². The highest BCUT2D eigenvalue weighted by Crippen LogP contribution is 2.14. The van der Waals surface area contributed by atoms with Crippen LogP contribution in [0.4, 0.5) is 5.82 Å². The number of nitrogens with two attached hydrogens (primary N) is 1. The van der Waals surface area contributed by atoms with Crippen molar-refractivity contribution in [3.05, 3.63) is 41.3 Å². The van der Waals surface area contributed by atoms with Crippen LogP contribution in [-0.2, 0) is 6.54 Å². The Kier molecular flexibility index (Phi) is 3.78. The largest absolute Gasteiger partial charge is 0.384 e.